The lowest BCUT2D eigenvalue weighted by Crippen LogP contribution is -2.34. The summed E-state index contributed by atoms with van der Waals surface area (Å²) >= 11 is 0. The molecule has 0 spiro atoms. The lowest BCUT2D eigenvalue weighted by Gasteiger charge is -2.15. The van der Waals surface area contributed by atoms with Crippen LogP contribution in [0.4, 0.5) is 8.78 Å². The van der Waals surface area contributed by atoms with Crippen molar-refractivity contribution >= 4 is 5.91 Å². The summed E-state index contributed by atoms with van der Waals surface area (Å²) in [6.45, 7) is 3.81. The largest absolute Gasteiger partial charge is 0.352 e. The minimum absolute atomic E-state index is 0.0345. The summed E-state index contributed by atoms with van der Waals surface area (Å²) in [4.78, 5) is 11.5. The summed E-state index contributed by atoms with van der Waals surface area (Å²) in [5.41, 5.74) is 5.87. The molecule has 3 nitrogen and oxygen atoms in total. The Morgan fingerprint density at radius 2 is 2.06 bits per heavy atom. The highest BCUT2D eigenvalue weighted by Crippen LogP contribution is 2.09. The molecule has 3 N–H and O–H groups in total. The standard InChI is InChI=1S/C13H18F2N2O/c1-8(2)12(16)6-13(18)17-7-9-5-10(14)3-4-11(9)15/h3-5,8,12H,6-7,16H2,1-2H3,(H,17,18). The van der Waals surface area contributed by atoms with Gasteiger partial charge in [0, 0.05) is 24.6 Å². The number of amides is 1. The van der Waals surface area contributed by atoms with Gasteiger partial charge in [-0.1, -0.05) is 13.8 Å². The Labute approximate surface area is 105 Å². The molecular formula is C13H18F2N2O. The van der Waals surface area contributed by atoms with Gasteiger partial charge in [0.25, 0.3) is 0 Å². The first-order chi connectivity index (χ1) is 8.40. The monoisotopic (exact) mass is 256 g/mol. The van der Waals surface area contributed by atoms with E-state index in [4.69, 9.17) is 5.73 Å². The van der Waals surface area contributed by atoms with Crippen molar-refractivity contribution < 1.29 is 13.6 Å². The third-order valence-corrected chi connectivity index (χ3v) is 2.76. The van der Waals surface area contributed by atoms with Crippen molar-refractivity contribution in [2.24, 2.45) is 11.7 Å². The highest BCUT2D eigenvalue weighted by atomic mass is 19.1. The van der Waals surface area contributed by atoms with Gasteiger partial charge in [0.1, 0.15) is 11.6 Å². The summed E-state index contributed by atoms with van der Waals surface area (Å²) in [6.07, 6.45) is 0.175. The maximum absolute atomic E-state index is 13.3. The third-order valence-electron chi connectivity index (χ3n) is 2.76. The molecule has 0 heterocycles. The zero-order valence-corrected chi connectivity index (χ0v) is 10.5. The van der Waals surface area contributed by atoms with E-state index in [0.29, 0.717) is 0 Å². The quantitative estimate of drug-likeness (QED) is 0.846. The summed E-state index contributed by atoms with van der Waals surface area (Å²) in [5.74, 6) is -1.13. The smallest absolute Gasteiger partial charge is 0.221 e. The highest BCUT2D eigenvalue weighted by Gasteiger charge is 2.13. The van der Waals surface area contributed by atoms with Gasteiger partial charge in [0.05, 0.1) is 0 Å². The van der Waals surface area contributed by atoms with E-state index in [1.807, 2.05) is 13.8 Å². The van der Waals surface area contributed by atoms with Gasteiger partial charge < -0.3 is 11.1 Å². The van der Waals surface area contributed by atoms with Crippen LogP contribution in [-0.4, -0.2) is 11.9 Å². The fraction of sp³-hybridized carbons (Fsp3) is 0.462. The van der Waals surface area contributed by atoms with E-state index in [-0.39, 0.29) is 36.4 Å². The van der Waals surface area contributed by atoms with Crippen LogP contribution in [0.15, 0.2) is 18.2 Å². The zero-order chi connectivity index (χ0) is 13.7. The minimum atomic E-state index is -0.537. The normalized spacial score (nSPS) is 12.6. The first kappa shape index (κ1) is 14.6. The topological polar surface area (TPSA) is 55.1 Å². The molecule has 1 unspecified atom stereocenters. The number of halogens is 2. The van der Waals surface area contributed by atoms with E-state index in [1.165, 1.54) is 0 Å². The second-order valence-corrected chi connectivity index (χ2v) is 4.62. The van der Waals surface area contributed by atoms with Crippen molar-refractivity contribution in [3.63, 3.8) is 0 Å². The van der Waals surface area contributed by atoms with Crippen LogP contribution in [0.3, 0.4) is 0 Å². The van der Waals surface area contributed by atoms with Crippen LogP contribution in [0.2, 0.25) is 0 Å². The predicted molar refractivity (Wildman–Crippen MR) is 65.6 cm³/mol. The van der Waals surface area contributed by atoms with Crippen LogP contribution >= 0.6 is 0 Å². The molecule has 18 heavy (non-hydrogen) atoms. The van der Waals surface area contributed by atoms with E-state index < -0.39 is 11.6 Å². The molecule has 0 aliphatic rings. The Bertz CT molecular complexity index is 421. The Kier molecular flexibility index (Phi) is 5.22. The summed E-state index contributed by atoms with van der Waals surface area (Å²) < 4.78 is 26.2. The molecule has 5 heteroatoms. The molecule has 0 fully saturated rings. The SMILES string of the molecule is CC(C)C(N)CC(=O)NCc1cc(F)ccc1F. The van der Waals surface area contributed by atoms with Gasteiger partial charge in [-0.25, -0.2) is 8.78 Å². The molecule has 1 aromatic rings. The second-order valence-electron chi connectivity index (χ2n) is 4.62. The molecule has 0 aliphatic carbocycles. The van der Waals surface area contributed by atoms with Crippen LogP contribution in [-0.2, 0) is 11.3 Å². The van der Waals surface area contributed by atoms with Crippen molar-refractivity contribution in [1.29, 1.82) is 0 Å². The first-order valence-electron chi connectivity index (χ1n) is 5.86. The summed E-state index contributed by atoms with van der Waals surface area (Å²) in [5, 5.41) is 2.53. The maximum atomic E-state index is 13.3. The number of hydrogen-bond acceptors (Lipinski definition) is 2. The first-order valence-corrected chi connectivity index (χ1v) is 5.86. The summed E-state index contributed by atoms with van der Waals surface area (Å²) in [6, 6.07) is 2.91. The van der Waals surface area contributed by atoms with Crippen LogP contribution < -0.4 is 11.1 Å². The fourth-order valence-corrected chi connectivity index (χ4v) is 1.39. The fourth-order valence-electron chi connectivity index (χ4n) is 1.39. The number of nitrogens with two attached hydrogens (primary N) is 1. The van der Waals surface area contributed by atoms with Crippen molar-refractivity contribution in [3.05, 3.63) is 35.4 Å². The maximum Gasteiger partial charge on any atom is 0.221 e. The van der Waals surface area contributed by atoms with Crippen LogP contribution in [0.5, 0.6) is 0 Å². The third kappa shape index (κ3) is 4.41. The van der Waals surface area contributed by atoms with Crippen LogP contribution in [0.25, 0.3) is 0 Å². The molecule has 0 bridgehead atoms. The minimum Gasteiger partial charge on any atom is -0.352 e. The molecule has 0 aromatic heterocycles. The molecule has 0 saturated heterocycles. The lowest BCUT2D eigenvalue weighted by molar-refractivity contribution is -0.121. The van der Waals surface area contributed by atoms with E-state index in [2.05, 4.69) is 5.32 Å². The summed E-state index contributed by atoms with van der Waals surface area (Å²) in [7, 11) is 0. The van der Waals surface area contributed by atoms with Gasteiger partial charge in [0.2, 0.25) is 5.91 Å². The van der Waals surface area contributed by atoms with E-state index >= 15 is 0 Å². The molecular weight excluding hydrogens is 238 g/mol. The van der Waals surface area contributed by atoms with Crippen LogP contribution in [0, 0.1) is 17.6 Å². The van der Waals surface area contributed by atoms with Gasteiger partial charge in [-0.3, -0.25) is 4.79 Å². The zero-order valence-electron chi connectivity index (χ0n) is 10.5. The highest BCUT2D eigenvalue weighted by molar-refractivity contribution is 5.76. The van der Waals surface area contributed by atoms with Crippen molar-refractivity contribution in [1.82, 2.24) is 5.32 Å². The van der Waals surface area contributed by atoms with Crippen LogP contribution in [0.1, 0.15) is 25.8 Å². The van der Waals surface area contributed by atoms with Crippen molar-refractivity contribution in [2.45, 2.75) is 32.9 Å². The number of carbonyl (C=O) groups is 1. The Balaban J connectivity index is 2.50. The van der Waals surface area contributed by atoms with Gasteiger partial charge in [0.15, 0.2) is 0 Å². The van der Waals surface area contributed by atoms with Gasteiger partial charge in [-0.15, -0.1) is 0 Å². The average molecular weight is 256 g/mol. The second kappa shape index (κ2) is 6.44. The van der Waals surface area contributed by atoms with Gasteiger partial charge >= 0.3 is 0 Å². The molecule has 0 saturated carbocycles. The van der Waals surface area contributed by atoms with E-state index in [0.717, 1.165) is 18.2 Å². The number of nitrogens with one attached hydrogen (secondary N) is 1. The molecule has 0 aliphatic heterocycles. The molecule has 100 valence electrons. The molecule has 1 amide bonds. The van der Waals surface area contributed by atoms with Gasteiger partial charge in [-0.2, -0.15) is 0 Å². The Morgan fingerprint density at radius 1 is 1.39 bits per heavy atom. The lowest BCUT2D eigenvalue weighted by atomic mass is 10.0. The number of hydrogen-bond donors (Lipinski definition) is 2. The number of rotatable bonds is 5. The molecule has 0 radical (unpaired) electrons. The van der Waals surface area contributed by atoms with E-state index in [1.54, 1.807) is 0 Å². The molecule has 1 aromatic carbocycles. The Hall–Kier alpha value is -1.49. The Morgan fingerprint density at radius 3 is 2.67 bits per heavy atom. The number of benzene rings is 1. The van der Waals surface area contributed by atoms with Gasteiger partial charge in [-0.05, 0) is 24.1 Å². The van der Waals surface area contributed by atoms with Crippen molar-refractivity contribution in [2.75, 3.05) is 0 Å². The molecule has 1 atom stereocenters. The average Bonchev–Trinajstić information content (AvgIpc) is 2.30. The van der Waals surface area contributed by atoms with Crippen molar-refractivity contribution in [3.8, 4) is 0 Å². The predicted octanol–water partition coefficient (Wildman–Crippen LogP) is 1.95. The number of carbonyl (C=O) groups excluding carboxylic acids is 1. The molecule has 1 rings (SSSR count). The van der Waals surface area contributed by atoms with E-state index in [9.17, 15) is 13.6 Å².